The minimum atomic E-state index is -1.00. The maximum Gasteiger partial charge on any atom is 0.328 e. The highest BCUT2D eigenvalue weighted by Crippen LogP contribution is 2.35. The Morgan fingerprint density at radius 3 is 2.79 bits per heavy atom. The molecule has 1 heterocycles. The molecule has 1 aliphatic carbocycles. The van der Waals surface area contributed by atoms with Crippen molar-refractivity contribution in [2.45, 2.75) is 6.42 Å². The molecule has 0 atom stereocenters. The summed E-state index contributed by atoms with van der Waals surface area (Å²) in [6.07, 6.45) is 1.50. The summed E-state index contributed by atoms with van der Waals surface area (Å²) in [7, 11) is 0. The smallest absolute Gasteiger partial charge is 0.328 e. The molecule has 2 aromatic rings. The number of thiophene rings is 1. The number of carboxylic acid groups (broad SMARTS) is 1. The van der Waals surface area contributed by atoms with E-state index >= 15 is 0 Å². The van der Waals surface area contributed by atoms with E-state index in [0.29, 0.717) is 16.9 Å². The summed E-state index contributed by atoms with van der Waals surface area (Å²) in [4.78, 5) is 23.9. The Bertz CT molecular complexity index is 710. The van der Waals surface area contributed by atoms with Gasteiger partial charge in [-0.1, -0.05) is 24.3 Å². The lowest BCUT2D eigenvalue weighted by molar-refractivity contribution is -0.131. The van der Waals surface area contributed by atoms with Crippen molar-refractivity contribution < 1.29 is 14.7 Å². The summed E-state index contributed by atoms with van der Waals surface area (Å²) in [6.45, 7) is 0. The summed E-state index contributed by atoms with van der Waals surface area (Å²) < 4.78 is 0. The van der Waals surface area contributed by atoms with Crippen molar-refractivity contribution in [1.29, 1.82) is 0 Å². The largest absolute Gasteiger partial charge is 0.478 e. The number of benzene rings is 1. The van der Waals surface area contributed by atoms with Gasteiger partial charge in [-0.3, -0.25) is 4.79 Å². The standard InChI is InChI=1S/C15H10O3S/c16-13-7-9-3-1-2-4-10(9)12(8-14(17)18)11-5-6-19-15(11)13/h1-6,8H,7H2,(H,17,18). The summed E-state index contributed by atoms with van der Waals surface area (Å²) >= 11 is 1.36. The molecule has 0 saturated heterocycles. The maximum absolute atomic E-state index is 12.2. The van der Waals surface area contributed by atoms with Gasteiger partial charge in [-0.2, -0.15) is 0 Å². The molecule has 94 valence electrons. The van der Waals surface area contributed by atoms with Gasteiger partial charge in [0.15, 0.2) is 5.78 Å². The molecule has 0 amide bonds. The van der Waals surface area contributed by atoms with E-state index < -0.39 is 5.97 Å². The fraction of sp³-hybridized carbons (Fsp3) is 0.0667. The van der Waals surface area contributed by atoms with E-state index in [1.807, 2.05) is 35.7 Å². The average Bonchev–Trinajstić information content (AvgIpc) is 2.82. The fourth-order valence-corrected chi connectivity index (χ4v) is 3.20. The third-order valence-corrected chi connectivity index (χ3v) is 4.09. The number of carbonyl (C=O) groups is 2. The van der Waals surface area contributed by atoms with E-state index in [2.05, 4.69) is 0 Å². The molecule has 1 aromatic carbocycles. The molecule has 0 fully saturated rings. The number of carbonyl (C=O) groups excluding carboxylic acids is 1. The zero-order valence-corrected chi connectivity index (χ0v) is 10.7. The predicted octanol–water partition coefficient (Wildman–Crippen LogP) is 3.00. The molecule has 0 aliphatic heterocycles. The molecule has 0 spiro atoms. The average molecular weight is 270 g/mol. The Labute approximate surface area is 113 Å². The number of Topliss-reactive ketones (excluding diaryl/α,β-unsaturated/α-hetero) is 1. The molecule has 4 heteroatoms. The SMILES string of the molecule is O=C(O)C=C1c2ccccc2CC(=O)c2sccc21. The van der Waals surface area contributed by atoms with Crippen molar-refractivity contribution >= 4 is 28.7 Å². The van der Waals surface area contributed by atoms with Gasteiger partial charge >= 0.3 is 5.97 Å². The van der Waals surface area contributed by atoms with E-state index in [1.165, 1.54) is 17.4 Å². The molecular formula is C15H10O3S. The van der Waals surface area contributed by atoms with Gasteiger partial charge in [0.1, 0.15) is 0 Å². The van der Waals surface area contributed by atoms with E-state index in [0.717, 1.165) is 16.7 Å². The van der Waals surface area contributed by atoms with Crippen molar-refractivity contribution in [3.8, 4) is 0 Å². The zero-order chi connectivity index (χ0) is 13.4. The molecule has 0 unspecified atom stereocenters. The number of rotatable bonds is 1. The number of hydrogen-bond donors (Lipinski definition) is 1. The van der Waals surface area contributed by atoms with Gasteiger partial charge in [-0.05, 0) is 28.1 Å². The van der Waals surface area contributed by atoms with Gasteiger partial charge in [-0.25, -0.2) is 4.79 Å². The van der Waals surface area contributed by atoms with Gasteiger partial charge in [0.2, 0.25) is 0 Å². The topological polar surface area (TPSA) is 54.4 Å². The van der Waals surface area contributed by atoms with E-state index in [9.17, 15) is 9.59 Å². The summed E-state index contributed by atoms with van der Waals surface area (Å²) in [5.41, 5.74) is 3.05. The first-order valence-corrected chi connectivity index (χ1v) is 6.69. The number of ketones is 1. The Hall–Kier alpha value is -2.20. The number of carboxylic acids is 1. The van der Waals surface area contributed by atoms with Gasteiger partial charge in [-0.15, -0.1) is 11.3 Å². The second-order valence-electron chi connectivity index (χ2n) is 4.32. The van der Waals surface area contributed by atoms with Crippen molar-refractivity contribution in [2.24, 2.45) is 0 Å². The van der Waals surface area contributed by atoms with Crippen LogP contribution in [0.4, 0.5) is 0 Å². The molecule has 0 radical (unpaired) electrons. The Kier molecular flexibility index (Phi) is 2.80. The first-order chi connectivity index (χ1) is 9.16. The summed E-state index contributed by atoms with van der Waals surface area (Å²) in [5.74, 6) is -0.956. The fourth-order valence-electron chi connectivity index (χ4n) is 2.35. The minimum absolute atomic E-state index is 0.0474. The van der Waals surface area contributed by atoms with Crippen LogP contribution in [0.25, 0.3) is 5.57 Å². The summed E-state index contributed by atoms with van der Waals surface area (Å²) in [5, 5.41) is 10.9. The molecule has 0 bridgehead atoms. The van der Waals surface area contributed by atoms with Crippen LogP contribution in [-0.4, -0.2) is 16.9 Å². The highest BCUT2D eigenvalue weighted by molar-refractivity contribution is 7.12. The normalized spacial score (nSPS) is 15.8. The Balaban J connectivity index is 2.33. The van der Waals surface area contributed by atoms with Crippen molar-refractivity contribution in [2.75, 3.05) is 0 Å². The van der Waals surface area contributed by atoms with Crippen LogP contribution in [0.15, 0.2) is 41.8 Å². The molecular weight excluding hydrogens is 260 g/mol. The number of hydrogen-bond acceptors (Lipinski definition) is 3. The van der Waals surface area contributed by atoms with E-state index in [-0.39, 0.29) is 5.78 Å². The highest BCUT2D eigenvalue weighted by atomic mass is 32.1. The minimum Gasteiger partial charge on any atom is -0.478 e. The van der Waals surface area contributed by atoms with Crippen LogP contribution in [-0.2, 0) is 11.2 Å². The van der Waals surface area contributed by atoms with Crippen LogP contribution in [0.2, 0.25) is 0 Å². The molecule has 3 rings (SSSR count). The van der Waals surface area contributed by atoms with Gasteiger partial charge < -0.3 is 5.11 Å². The van der Waals surface area contributed by atoms with Crippen LogP contribution >= 0.6 is 11.3 Å². The van der Waals surface area contributed by atoms with Crippen molar-refractivity contribution in [1.82, 2.24) is 0 Å². The van der Waals surface area contributed by atoms with Gasteiger partial charge in [0.25, 0.3) is 0 Å². The first kappa shape index (κ1) is 11.9. The maximum atomic E-state index is 12.2. The quantitative estimate of drug-likeness (QED) is 0.810. The lowest BCUT2D eigenvalue weighted by atomic mass is 9.96. The lowest BCUT2D eigenvalue weighted by Gasteiger charge is -2.07. The van der Waals surface area contributed by atoms with Crippen LogP contribution in [0.3, 0.4) is 0 Å². The monoisotopic (exact) mass is 270 g/mol. The van der Waals surface area contributed by atoms with E-state index in [1.54, 1.807) is 0 Å². The Morgan fingerprint density at radius 2 is 2.00 bits per heavy atom. The van der Waals surface area contributed by atoms with Gasteiger partial charge in [0, 0.05) is 18.1 Å². The van der Waals surface area contributed by atoms with Crippen molar-refractivity contribution in [3.63, 3.8) is 0 Å². The molecule has 1 N–H and O–H groups in total. The third-order valence-electron chi connectivity index (χ3n) is 3.14. The molecule has 1 aromatic heterocycles. The summed E-state index contributed by atoms with van der Waals surface area (Å²) in [6, 6.07) is 9.28. The molecule has 0 saturated carbocycles. The second kappa shape index (κ2) is 4.48. The van der Waals surface area contributed by atoms with Crippen LogP contribution in [0.1, 0.15) is 26.4 Å². The van der Waals surface area contributed by atoms with Crippen LogP contribution < -0.4 is 0 Å². The van der Waals surface area contributed by atoms with Crippen LogP contribution in [0, 0.1) is 0 Å². The third kappa shape index (κ3) is 2.00. The second-order valence-corrected chi connectivity index (χ2v) is 5.23. The number of fused-ring (bicyclic) bond motifs is 2. The van der Waals surface area contributed by atoms with Gasteiger partial charge in [0.05, 0.1) is 4.88 Å². The van der Waals surface area contributed by atoms with Crippen LogP contribution in [0.5, 0.6) is 0 Å². The highest BCUT2D eigenvalue weighted by Gasteiger charge is 2.24. The Morgan fingerprint density at radius 1 is 1.21 bits per heavy atom. The molecule has 19 heavy (non-hydrogen) atoms. The lowest BCUT2D eigenvalue weighted by Crippen LogP contribution is -2.00. The molecule has 3 nitrogen and oxygen atoms in total. The molecule has 1 aliphatic rings. The predicted molar refractivity (Wildman–Crippen MR) is 73.5 cm³/mol. The van der Waals surface area contributed by atoms with Crippen molar-refractivity contribution in [3.05, 3.63) is 63.4 Å². The number of aliphatic carboxylic acids is 1. The van der Waals surface area contributed by atoms with E-state index in [4.69, 9.17) is 5.11 Å². The first-order valence-electron chi connectivity index (χ1n) is 5.81. The zero-order valence-electron chi connectivity index (χ0n) is 9.92.